The van der Waals surface area contributed by atoms with E-state index in [1.54, 1.807) is 0 Å². The minimum atomic E-state index is -5.11. The molecule has 2 aromatic carbocycles. The van der Waals surface area contributed by atoms with Gasteiger partial charge in [-0.25, -0.2) is 16.8 Å². The molecule has 0 bridgehead atoms. The number of carbonyl (C=O) groups is 2. The topological polar surface area (TPSA) is 225 Å². The van der Waals surface area contributed by atoms with Gasteiger partial charge in [0.2, 0.25) is 11.8 Å². The van der Waals surface area contributed by atoms with Crippen LogP contribution in [0.3, 0.4) is 0 Å². The first-order valence-corrected chi connectivity index (χ1v) is 24.3. The number of hydrogen-bond acceptors (Lipinski definition) is 13. The van der Waals surface area contributed by atoms with Gasteiger partial charge in [0, 0.05) is 43.0 Å². The Hall–Kier alpha value is -6.08. The molecular formula is C44H41F6N8O8S2+. The van der Waals surface area contributed by atoms with Crippen LogP contribution in [-0.2, 0) is 51.1 Å². The van der Waals surface area contributed by atoms with Crippen LogP contribution in [0.4, 0.5) is 26.3 Å². The van der Waals surface area contributed by atoms with Gasteiger partial charge >= 0.3 is 25.2 Å². The van der Waals surface area contributed by atoms with E-state index in [0.717, 1.165) is 12.1 Å². The molecule has 4 aromatic rings. The zero-order valence-electron chi connectivity index (χ0n) is 35.8. The van der Waals surface area contributed by atoms with Crippen molar-refractivity contribution in [3.63, 3.8) is 0 Å². The van der Waals surface area contributed by atoms with Crippen molar-refractivity contribution in [2.75, 3.05) is 13.8 Å². The number of ether oxygens (including phenoxy) is 2. The number of hydrogen-bond donors (Lipinski definition) is 2. The van der Waals surface area contributed by atoms with Crippen LogP contribution in [0.2, 0.25) is 0 Å². The molecule has 2 heterocycles. The predicted molar refractivity (Wildman–Crippen MR) is 226 cm³/mol. The fourth-order valence-electron chi connectivity index (χ4n) is 8.74. The average molecular weight is 988 g/mol. The SMILES string of the molecule is COC1CC(S(=O)(=O)c2ccc(-c3cnccn3)cc2C(F)(F)F)CC1C(=O)NC1(C#[N+]COC2CC(S(=O)(=O)c3ccc(-c4cnccn4)cc3C(F)(F)F)CC2C(=O)NC2(C#N)CC2)CC1. The summed E-state index contributed by atoms with van der Waals surface area (Å²) >= 11 is 0. The van der Waals surface area contributed by atoms with Crippen molar-refractivity contribution < 1.29 is 62.2 Å². The Balaban J connectivity index is 0.960. The van der Waals surface area contributed by atoms with Gasteiger partial charge in [0.1, 0.15) is 5.54 Å². The Bertz CT molecular complexity index is 2940. The zero-order valence-corrected chi connectivity index (χ0v) is 37.4. The van der Waals surface area contributed by atoms with Gasteiger partial charge in [-0.15, -0.1) is 0 Å². The van der Waals surface area contributed by atoms with Crippen molar-refractivity contribution in [3.8, 4) is 34.7 Å². The van der Waals surface area contributed by atoms with Crippen LogP contribution < -0.4 is 10.6 Å². The van der Waals surface area contributed by atoms with E-state index in [1.807, 2.05) is 6.07 Å². The molecule has 358 valence electrons. The molecule has 68 heavy (non-hydrogen) atoms. The molecule has 8 rings (SSSR count). The van der Waals surface area contributed by atoms with Crippen LogP contribution in [0.15, 0.2) is 83.4 Å². The molecule has 4 saturated carbocycles. The fraction of sp³-hybridized carbons (Fsp3) is 0.455. The number of nitrogens with zero attached hydrogens (tertiary/aromatic N) is 6. The van der Waals surface area contributed by atoms with Gasteiger partial charge in [-0.1, -0.05) is 12.1 Å². The lowest BCUT2D eigenvalue weighted by Gasteiger charge is -2.19. The second-order valence-corrected chi connectivity index (χ2v) is 21.6. The van der Waals surface area contributed by atoms with Crippen LogP contribution in [-0.4, -0.2) is 96.2 Å². The minimum Gasteiger partial charge on any atom is -0.381 e. The summed E-state index contributed by atoms with van der Waals surface area (Å²) in [6.07, 6.45) is -4.89. The van der Waals surface area contributed by atoms with Crippen molar-refractivity contribution in [3.05, 3.63) is 89.6 Å². The van der Waals surface area contributed by atoms with Gasteiger partial charge in [0.25, 0.3) is 0 Å². The maximum absolute atomic E-state index is 14.5. The zero-order chi connectivity index (χ0) is 48.9. The Kier molecular flexibility index (Phi) is 12.9. The van der Waals surface area contributed by atoms with Gasteiger partial charge in [-0.3, -0.25) is 29.5 Å². The van der Waals surface area contributed by atoms with Crippen molar-refractivity contribution in [1.29, 1.82) is 5.26 Å². The fourth-order valence-corrected chi connectivity index (χ4v) is 12.7. The number of amides is 2. The molecule has 16 nitrogen and oxygen atoms in total. The molecule has 6 atom stereocenters. The lowest BCUT2D eigenvalue weighted by atomic mass is 10.0. The first-order valence-electron chi connectivity index (χ1n) is 21.2. The van der Waals surface area contributed by atoms with E-state index in [4.69, 9.17) is 9.47 Å². The highest BCUT2D eigenvalue weighted by atomic mass is 32.2. The van der Waals surface area contributed by atoms with Crippen LogP contribution in [0, 0.1) is 29.2 Å². The summed E-state index contributed by atoms with van der Waals surface area (Å²) in [4.78, 5) is 45.2. The van der Waals surface area contributed by atoms with E-state index < -0.39 is 130 Å². The second-order valence-electron chi connectivity index (χ2n) is 17.2. The van der Waals surface area contributed by atoms with Crippen molar-refractivity contribution in [1.82, 2.24) is 30.6 Å². The lowest BCUT2D eigenvalue weighted by molar-refractivity contribution is -0.140. The molecule has 2 N–H and O–H groups in total. The molecular weight excluding hydrogens is 947 g/mol. The molecule has 0 spiro atoms. The van der Waals surface area contributed by atoms with Gasteiger partial charge < -0.3 is 20.1 Å². The highest BCUT2D eigenvalue weighted by molar-refractivity contribution is 7.92. The molecule has 2 aromatic heterocycles. The summed E-state index contributed by atoms with van der Waals surface area (Å²) in [5, 5.41) is 12.1. The summed E-state index contributed by atoms with van der Waals surface area (Å²) in [5.41, 5.74) is -5.03. The molecule has 4 aliphatic carbocycles. The first kappa shape index (κ1) is 48.4. The predicted octanol–water partition coefficient (Wildman–Crippen LogP) is 5.95. The maximum Gasteiger partial charge on any atom is 0.417 e. The summed E-state index contributed by atoms with van der Waals surface area (Å²) in [6.45, 7) is -0.537. The number of rotatable bonds is 13. The smallest absolute Gasteiger partial charge is 0.381 e. The molecule has 2 amide bonds. The van der Waals surface area contributed by atoms with Crippen LogP contribution in [0.1, 0.15) is 62.5 Å². The largest absolute Gasteiger partial charge is 0.417 e. The number of nitriles is 1. The standard InChI is InChI=1S/C44H40F6N8O8S2/c1-65-35-18-27(67(61,62)37-4-2-25(14-31(37)43(45,46)47)33-20-52-10-12-55-33)16-29(35)39(59)58-42(8-9-42)23-54-24-66-36-19-28(17-30(36)40(60)57-41(22-51)6-7-41)68(63,64)38-5-3-26(15-32(38)44(48,49)50)34-21-53-11-13-56-34/h2-5,10-15,20-21,27-30,35-36H,6-9,16-19,24H2,1H3,(H-,57,58,59,60)/p+1. The molecule has 4 fully saturated rings. The van der Waals surface area contributed by atoms with Crippen molar-refractivity contribution in [2.24, 2.45) is 11.8 Å². The Morgan fingerprint density at radius 1 is 0.721 bits per heavy atom. The lowest BCUT2D eigenvalue weighted by Crippen LogP contribution is -2.42. The second kappa shape index (κ2) is 18.1. The normalized spacial score (nSPS) is 24.0. The van der Waals surface area contributed by atoms with E-state index in [1.165, 1.54) is 56.4 Å². The average Bonchev–Trinajstić information content (AvgIpc) is 4.16. The summed E-state index contributed by atoms with van der Waals surface area (Å²) in [7, 11) is -8.22. The molecule has 4 aliphatic rings. The van der Waals surface area contributed by atoms with E-state index >= 15 is 0 Å². The molecule has 0 saturated heterocycles. The van der Waals surface area contributed by atoms with E-state index in [-0.39, 0.29) is 35.4 Å². The third-order valence-corrected chi connectivity index (χ3v) is 17.2. The molecule has 0 aliphatic heterocycles. The number of alkyl halides is 6. The van der Waals surface area contributed by atoms with Gasteiger partial charge in [-0.2, -0.15) is 31.6 Å². The van der Waals surface area contributed by atoms with Gasteiger partial charge in [0.15, 0.2) is 25.2 Å². The Labute approximate surface area is 385 Å². The number of methoxy groups -OCH3 is 1. The molecule has 6 unspecified atom stereocenters. The third kappa shape index (κ3) is 9.90. The molecule has 0 radical (unpaired) electrons. The Morgan fingerprint density at radius 2 is 1.18 bits per heavy atom. The minimum absolute atomic E-state index is 0.00527. The Morgan fingerprint density at radius 3 is 1.59 bits per heavy atom. The number of nitrogens with one attached hydrogen (secondary N) is 2. The van der Waals surface area contributed by atoms with Crippen LogP contribution in [0.5, 0.6) is 0 Å². The van der Waals surface area contributed by atoms with Gasteiger partial charge in [-0.05, 0) is 80.5 Å². The quantitative estimate of drug-likeness (QED) is 0.148. The van der Waals surface area contributed by atoms with E-state index in [2.05, 4.69) is 41.5 Å². The van der Waals surface area contributed by atoms with E-state index in [9.17, 15) is 58.0 Å². The summed E-state index contributed by atoms with van der Waals surface area (Å²) in [6, 6.07) is 10.2. The number of benzene rings is 2. The van der Waals surface area contributed by atoms with Crippen LogP contribution in [0.25, 0.3) is 27.4 Å². The van der Waals surface area contributed by atoms with Crippen molar-refractivity contribution in [2.45, 2.75) is 107 Å². The first-order chi connectivity index (χ1) is 32.1. The maximum atomic E-state index is 14.5. The number of sulfone groups is 2. The third-order valence-electron chi connectivity index (χ3n) is 12.8. The number of carbonyl (C=O) groups excluding carboxylic acids is 2. The summed E-state index contributed by atoms with van der Waals surface area (Å²) < 4.78 is 154. The monoisotopic (exact) mass is 987 g/mol. The highest BCUT2D eigenvalue weighted by Gasteiger charge is 2.54. The van der Waals surface area contributed by atoms with E-state index in [0.29, 0.717) is 37.8 Å². The number of aromatic nitrogens is 4. The molecule has 24 heteroatoms. The number of halogens is 6. The van der Waals surface area contributed by atoms with Crippen molar-refractivity contribution >= 4 is 31.5 Å². The van der Waals surface area contributed by atoms with Crippen LogP contribution >= 0.6 is 0 Å². The van der Waals surface area contributed by atoms with Gasteiger partial charge in [0.05, 0.1) is 85.3 Å². The highest BCUT2D eigenvalue weighted by Crippen LogP contribution is 2.45. The summed E-state index contributed by atoms with van der Waals surface area (Å²) in [5.74, 6) is -3.72.